The largest absolute Gasteiger partial charge is 1.00 e. The van der Waals surface area contributed by atoms with E-state index in [0.717, 1.165) is 53.8 Å². The number of fused-ring (bicyclic) bond motifs is 3. The number of rotatable bonds is 6. The zero-order chi connectivity index (χ0) is 24.5. The van der Waals surface area contributed by atoms with Gasteiger partial charge < -0.3 is 24.4 Å². The SMILES string of the molecule is CCN1c2ncc(CCOc3ccc(C(=O)[O-])c4c3CCCC4)cc2C(=O)N(C)c2cccnc21.[Na+]. The Bertz CT molecular complexity index is 1310. The molecular weight excluding hydrogens is 467 g/mol. The Morgan fingerprint density at radius 3 is 2.64 bits per heavy atom. The van der Waals surface area contributed by atoms with Crippen molar-refractivity contribution in [2.45, 2.75) is 39.0 Å². The molecule has 0 radical (unpaired) electrons. The summed E-state index contributed by atoms with van der Waals surface area (Å²) in [5, 5.41) is 11.5. The maximum atomic E-state index is 13.3. The predicted octanol–water partition coefficient (Wildman–Crippen LogP) is 0.0924. The summed E-state index contributed by atoms with van der Waals surface area (Å²) in [4.78, 5) is 37.5. The standard InChI is InChI=1S/C27H28N4O4.Na/c1-3-31-24-21(26(32)30(2)22-9-6-13-28-25(22)31)15-17(16-29-24)12-14-35-23-11-10-20(27(33)34)18-7-4-5-8-19(18)23;/h6,9-11,13,15-16H,3-5,7-8,12,14H2,1-2H3,(H,33,34);/q;+1/p-1. The van der Waals surface area contributed by atoms with Crippen LogP contribution in [-0.2, 0) is 19.3 Å². The first kappa shape index (κ1) is 26.1. The molecule has 0 spiro atoms. The van der Waals surface area contributed by atoms with Crippen LogP contribution >= 0.6 is 0 Å². The number of aromatic carboxylic acids is 1. The first-order chi connectivity index (χ1) is 17.0. The van der Waals surface area contributed by atoms with Gasteiger partial charge in [0.25, 0.3) is 5.91 Å². The number of carbonyl (C=O) groups excluding carboxylic acids is 2. The van der Waals surface area contributed by atoms with Crippen molar-refractivity contribution in [2.75, 3.05) is 30.0 Å². The molecule has 0 fully saturated rings. The van der Waals surface area contributed by atoms with E-state index in [1.807, 2.05) is 30.0 Å². The number of carboxylic acid groups (broad SMARTS) is 1. The van der Waals surface area contributed by atoms with Gasteiger partial charge in [0.15, 0.2) is 5.82 Å². The Morgan fingerprint density at radius 1 is 1.11 bits per heavy atom. The van der Waals surface area contributed by atoms with Crippen molar-refractivity contribution in [3.05, 3.63) is 70.5 Å². The zero-order valence-electron chi connectivity index (χ0n) is 20.9. The van der Waals surface area contributed by atoms with Crippen LogP contribution in [0.1, 0.15) is 57.2 Å². The van der Waals surface area contributed by atoms with Crippen molar-refractivity contribution in [1.82, 2.24) is 9.97 Å². The van der Waals surface area contributed by atoms with E-state index in [1.165, 1.54) is 0 Å². The number of amides is 1. The van der Waals surface area contributed by atoms with Gasteiger partial charge >= 0.3 is 29.6 Å². The Morgan fingerprint density at radius 2 is 1.89 bits per heavy atom. The van der Waals surface area contributed by atoms with E-state index in [0.29, 0.717) is 36.8 Å². The van der Waals surface area contributed by atoms with Gasteiger partial charge in [-0.25, -0.2) is 9.97 Å². The Kier molecular flexibility index (Phi) is 7.97. The fraction of sp³-hybridized carbons (Fsp3) is 0.333. The number of benzene rings is 1. The number of carboxylic acids is 1. The third kappa shape index (κ3) is 4.73. The molecule has 3 aromatic rings. The topological polar surface area (TPSA) is 98.7 Å². The number of hydrogen-bond acceptors (Lipinski definition) is 7. The van der Waals surface area contributed by atoms with Gasteiger partial charge in [-0.15, -0.1) is 0 Å². The molecule has 0 bridgehead atoms. The van der Waals surface area contributed by atoms with E-state index in [-0.39, 0.29) is 41.0 Å². The third-order valence-corrected chi connectivity index (χ3v) is 6.77. The number of nitrogens with zero attached hydrogens (tertiary/aromatic N) is 4. The van der Waals surface area contributed by atoms with Gasteiger partial charge in [0.05, 0.1) is 23.8 Å². The second-order valence-corrected chi connectivity index (χ2v) is 8.83. The Balaban J connectivity index is 0.00000304. The summed E-state index contributed by atoms with van der Waals surface area (Å²) >= 11 is 0. The van der Waals surface area contributed by atoms with E-state index in [1.54, 1.807) is 36.5 Å². The molecule has 36 heavy (non-hydrogen) atoms. The minimum absolute atomic E-state index is 0. The normalized spacial score (nSPS) is 14.2. The van der Waals surface area contributed by atoms with Crippen LogP contribution in [0.25, 0.3) is 0 Å². The number of carbonyl (C=O) groups is 2. The van der Waals surface area contributed by atoms with Crippen LogP contribution in [0.3, 0.4) is 0 Å². The molecule has 0 saturated carbocycles. The molecule has 0 saturated heterocycles. The summed E-state index contributed by atoms with van der Waals surface area (Å²) in [5.74, 6) is 0.754. The summed E-state index contributed by atoms with van der Waals surface area (Å²) in [6, 6.07) is 8.90. The fourth-order valence-corrected chi connectivity index (χ4v) is 5.00. The van der Waals surface area contributed by atoms with Crippen LogP contribution in [0.4, 0.5) is 17.3 Å². The summed E-state index contributed by atoms with van der Waals surface area (Å²) in [6.07, 6.45) is 7.56. The molecule has 0 atom stereocenters. The second kappa shape index (κ2) is 11.0. The van der Waals surface area contributed by atoms with Crippen LogP contribution in [0, 0.1) is 0 Å². The average molecular weight is 495 g/mol. The van der Waals surface area contributed by atoms with Crippen molar-refractivity contribution >= 4 is 29.2 Å². The molecular formula is C27H27N4NaO4. The quantitative estimate of drug-likeness (QED) is 0.448. The molecule has 0 unspecified atom stereocenters. The summed E-state index contributed by atoms with van der Waals surface area (Å²) < 4.78 is 6.10. The zero-order valence-corrected chi connectivity index (χ0v) is 22.9. The molecule has 3 heterocycles. The third-order valence-electron chi connectivity index (χ3n) is 6.77. The van der Waals surface area contributed by atoms with E-state index in [2.05, 4.69) is 9.97 Å². The maximum absolute atomic E-state index is 13.3. The minimum atomic E-state index is -1.14. The van der Waals surface area contributed by atoms with Crippen molar-refractivity contribution in [3.63, 3.8) is 0 Å². The number of pyridine rings is 2. The number of aromatic nitrogens is 2. The number of anilines is 3. The van der Waals surface area contributed by atoms with Crippen LogP contribution < -0.4 is 49.2 Å². The smallest absolute Gasteiger partial charge is 0.545 e. The summed E-state index contributed by atoms with van der Waals surface area (Å²) in [5.41, 5.74) is 4.23. The first-order valence-electron chi connectivity index (χ1n) is 12.0. The average Bonchev–Trinajstić information content (AvgIpc) is 2.97. The van der Waals surface area contributed by atoms with Crippen LogP contribution in [0.5, 0.6) is 5.75 Å². The molecule has 8 nitrogen and oxygen atoms in total. The van der Waals surface area contributed by atoms with Gasteiger partial charge in [-0.05, 0) is 79.6 Å². The molecule has 1 aliphatic heterocycles. The molecule has 1 aliphatic carbocycles. The Labute approximate surface area is 232 Å². The van der Waals surface area contributed by atoms with E-state index in [4.69, 9.17) is 4.74 Å². The molecule has 2 aromatic heterocycles. The molecule has 1 aromatic carbocycles. The van der Waals surface area contributed by atoms with Gasteiger partial charge in [-0.3, -0.25) is 4.79 Å². The van der Waals surface area contributed by atoms with Crippen molar-refractivity contribution in [3.8, 4) is 5.75 Å². The van der Waals surface area contributed by atoms with Crippen LogP contribution in [0.15, 0.2) is 42.7 Å². The predicted molar refractivity (Wildman–Crippen MR) is 131 cm³/mol. The monoisotopic (exact) mass is 494 g/mol. The Hall–Kier alpha value is -2.94. The summed E-state index contributed by atoms with van der Waals surface area (Å²) in [7, 11) is 1.75. The van der Waals surface area contributed by atoms with E-state index >= 15 is 0 Å². The van der Waals surface area contributed by atoms with Crippen molar-refractivity contribution in [1.29, 1.82) is 0 Å². The summed E-state index contributed by atoms with van der Waals surface area (Å²) in [6.45, 7) is 3.02. The number of ether oxygens (including phenoxy) is 1. The molecule has 2 aliphatic rings. The molecule has 1 amide bonds. The number of hydrogen-bond donors (Lipinski definition) is 0. The van der Waals surface area contributed by atoms with Gasteiger partial charge in [-0.1, -0.05) is 0 Å². The first-order valence-corrected chi connectivity index (χ1v) is 12.0. The van der Waals surface area contributed by atoms with Crippen molar-refractivity contribution in [2.24, 2.45) is 0 Å². The fourth-order valence-electron chi connectivity index (χ4n) is 5.00. The second-order valence-electron chi connectivity index (χ2n) is 8.83. The van der Waals surface area contributed by atoms with E-state index < -0.39 is 5.97 Å². The van der Waals surface area contributed by atoms with Gasteiger partial charge in [0.2, 0.25) is 0 Å². The molecule has 180 valence electrons. The van der Waals surface area contributed by atoms with Gasteiger partial charge in [0, 0.05) is 38.0 Å². The minimum Gasteiger partial charge on any atom is -0.545 e. The molecule has 0 N–H and O–H groups in total. The van der Waals surface area contributed by atoms with Gasteiger partial charge in [0.1, 0.15) is 11.6 Å². The maximum Gasteiger partial charge on any atom is 1.00 e. The van der Waals surface area contributed by atoms with E-state index in [9.17, 15) is 14.7 Å². The van der Waals surface area contributed by atoms with Crippen LogP contribution in [0.2, 0.25) is 0 Å². The van der Waals surface area contributed by atoms with Crippen LogP contribution in [-0.4, -0.2) is 42.0 Å². The van der Waals surface area contributed by atoms with Gasteiger partial charge in [-0.2, -0.15) is 0 Å². The molecule has 9 heteroatoms. The molecule has 5 rings (SSSR count). The van der Waals surface area contributed by atoms with Crippen molar-refractivity contribution < 1.29 is 49.0 Å².